The Bertz CT molecular complexity index is 931. The van der Waals surface area contributed by atoms with E-state index < -0.39 is 13.9 Å². The van der Waals surface area contributed by atoms with Gasteiger partial charge < -0.3 is 24.7 Å². The summed E-state index contributed by atoms with van der Waals surface area (Å²) >= 11 is 0. The monoisotopic (exact) mass is 566 g/mol. The maximum atomic E-state index is 10.4. The van der Waals surface area contributed by atoms with Crippen molar-refractivity contribution in [3.63, 3.8) is 0 Å². The number of benzene rings is 1. The normalized spacial score (nSPS) is 12.5. The fourth-order valence-electron chi connectivity index (χ4n) is 4.54. The van der Waals surface area contributed by atoms with Crippen LogP contribution in [0.15, 0.2) is 42.6 Å². The molecule has 1 unspecified atom stereocenters. The van der Waals surface area contributed by atoms with E-state index in [0.29, 0.717) is 13.1 Å². The molecule has 0 aliphatic heterocycles. The predicted octanol–water partition coefficient (Wildman–Crippen LogP) is 7.12. The van der Waals surface area contributed by atoms with Crippen LogP contribution in [-0.2, 0) is 15.6 Å². The highest BCUT2D eigenvalue weighted by atomic mass is 31.2. The van der Waals surface area contributed by atoms with Crippen LogP contribution in [0, 0.1) is 0 Å². The lowest BCUT2D eigenvalue weighted by atomic mass is 10.0. The molecule has 3 N–H and O–H groups in total. The summed E-state index contributed by atoms with van der Waals surface area (Å²) in [5.74, 6) is 0. The van der Waals surface area contributed by atoms with Crippen molar-refractivity contribution in [3.05, 3.63) is 42.6 Å². The second kappa shape index (κ2) is 22.8. The number of fused-ring (bicyclic) bond motifs is 1. The number of rotatable bonds is 21. The summed E-state index contributed by atoms with van der Waals surface area (Å²) in [5, 5.41) is 11.9. The van der Waals surface area contributed by atoms with Gasteiger partial charge in [0.2, 0.25) is 5.52 Å². The van der Waals surface area contributed by atoms with Crippen LogP contribution in [0.5, 0.6) is 0 Å². The molecule has 9 heteroatoms. The lowest BCUT2D eigenvalue weighted by Crippen LogP contribution is -2.36. The number of hydrogen-bond acceptors (Lipinski definition) is 4. The van der Waals surface area contributed by atoms with Gasteiger partial charge in [0.1, 0.15) is 6.61 Å². The highest BCUT2D eigenvalue weighted by Crippen LogP contribution is 2.29. The lowest BCUT2D eigenvalue weighted by Gasteiger charge is -2.13. The van der Waals surface area contributed by atoms with Gasteiger partial charge in [-0.15, -0.1) is 0 Å². The molecule has 1 heterocycles. The molecule has 0 fully saturated rings. The Balaban J connectivity index is 0.000000400. The van der Waals surface area contributed by atoms with Crippen LogP contribution < -0.4 is 14.8 Å². The first-order chi connectivity index (χ1) is 18.8. The number of hydrogen-bond donors (Lipinski definition) is 3. The fraction of sp³-hybridized carbons (Fsp3) is 0.667. The van der Waals surface area contributed by atoms with Gasteiger partial charge in [-0.3, -0.25) is 4.57 Å². The number of nitrogens with zero attached hydrogens (tertiary/aromatic N) is 1. The zero-order valence-corrected chi connectivity index (χ0v) is 24.8. The first kappa shape index (κ1) is 35.0. The van der Waals surface area contributed by atoms with E-state index in [-0.39, 0.29) is 6.61 Å². The van der Waals surface area contributed by atoms with Gasteiger partial charge in [-0.1, -0.05) is 115 Å². The summed E-state index contributed by atoms with van der Waals surface area (Å²) in [5.41, 5.74) is 0.984. The Labute approximate surface area is 235 Å². The van der Waals surface area contributed by atoms with E-state index in [1.165, 1.54) is 89.9 Å². The Kier molecular flexibility index (Phi) is 20.5. The van der Waals surface area contributed by atoms with Gasteiger partial charge in [-0.25, -0.2) is 4.79 Å². The van der Waals surface area contributed by atoms with Gasteiger partial charge >= 0.3 is 6.09 Å². The third-order valence-electron chi connectivity index (χ3n) is 6.68. The first-order valence-corrected chi connectivity index (χ1v) is 16.4. The molecule has 0 aliphatic carbocycles. The summed E-state index contributed by atoms with van der Waals surface area (Å²) in [7, 11) is -4.63. The average Bonchev–Trinajstić information content (AvgIpc) is 2.90. The van der Waals surface area contributed by atoms with Gasteiger partial charge in [0.25, 0.3) is 7.82 Å². The van der Waals surface area contributed by atoms with Crippen molar-refractivity contribution in [1.29, 1.82) is 0 Å². The van der Waals surface area contributed by atoms with Crippen molar-refractivity contribution in [3.8, 4) is 0 Å². The number of phosphoric ester groups is 1. The topological polar surface area (TPSA) is 123 Å². The summed E-state index contributed by atoms with van der Waals surface area (Å²) in [6, 6.07) is 11.6. The number of aromatic nitrogens is 1. The second-order valence-electron chi connectivity index (χ2n) is 10.1. The minimum absolute atomic E-state index is 0.0873. The molecule has 0 bridgehead atoms. The van der Waals surface area contributed by atoms with Gasteiger partial charge in [0.15, 0.2) is 12.7 Å². The number of carboxylic acid groups (broad SMARTS) is 1. The molecule has 1 aromatic heterocycles. The Morgan fingerprint density at radius 2 is 1.33 bits per heavy atom. The smallest absolute Gasteiger partial charge is 0.404 e. The van der Waals surface area contributed by atoms with Crippen molar-refractivity contribution < 1.29 is 33.3 Å². The highest BCUT2D eigenvalue weighted by Gasteiger charge is 2.09. The molecule has 0 spiro atoms. The van der Waals surface area contributed by atoms with E-state index in [9.17, 15) is 14.3 Å². The molecule has 222 valence electrons. The van der Waals surface area contributed by atoms with Gasteiger partial charge in [-0.2, -0.15) is 4.57 Å². The van der Waals surface area contributed by atoms with Crippen molar-refractivity contribution in [2.75, 3.05) is 13.2 Å². The van der Waals surface area contributed by atoms with E-state index >= 15 is 0 Å². The maximum absolute atomic E-state index is 10.4. The fourth-order valence-corrected chi connectivity index (χ4v) is 4.85. The van der Waals surface area contributed by atoms with Gasteiger partial charge in [0.05, 0.1) is 0 Å². The molecule has 1 aromatic carbocycles. The van der Waals surface area contributed by atoms with E-state index in [0.717, 1.165) is 23.7 Å². The number of nitrogens with one attached hydrogen (secondary N) is 1. The van der Waals surface area contributed by atoms with Crippen LogP contribution in [0.2, 0.25) is 0 Å². The third-order valence-corrected chi connectivity index (χ3v) is 7.19. The number of para-hydroxylation sites is 1. The second-order valence-corrected chi connectivity index (χ2v) is 11.3. The summed E-state index contributed by atoms with van der Waals surface area (Å²) < 4.78 is 16.6. The molecule has 0 saturated carbocycles. The quantitative estimate of drug-likeness (QED) is 0.0840. The van der Waals surface area contributed by atoms with Crippen LogP contribution in [0.1, 0.15) is 110 Å². The van der Waals surface area contributed by atoms with Gasteiger partial charge in [-0.05, 0) is 18.6 Å². The molecule has 0 aliphatic rings. The zero-order chi connectivity index (χ0) is 28.6. The van der Waals surface area contributed by atoms with E-state index in [1.807, 2.05) is 47.2 Å². The Morgan fingerprint density at radius 3 is 1.85 bits per heavy atom. The van der Waals surface area contributed by atoms with Crippen molar-refractivity contribution in [2.24, 2.45) is 0 Å². The SMILES string of the molecule is CCCCCCCCCCCCCCCCCCNC(=O)O.O=P([O-])(O)OCC[n+]1cccc2ccccc21. The van der Waals surface area contributed by atoms with Crippen LogP contribution >= 0.6 is 7.82 Å². The van der Waals surface area contributed by atoms with Gasteiger partial charge in [0, 0.05) is 24.1 Å². The minimum Gasteiger partial charge on any atom is -0.756 e. The lowest BCUT2D eigenvalue weighted by molar-refractivity contribution is -0.672. The summed E-state index contributed by atoms with van der Waals surface area (Å²) in [4.78, 5) is 29.2. The number of carbonyl (C=O) groups is 1. The molecule has 8 nitrogen and oxygen atoms in total. The van der Waals surface area contributed by atoms with E-state index in [2.05, 4.69) is 16.8 Å². The van der Waals surface area contributed by atoms with E-state index in [4.69, 9.17) is 10.00 Å². The predicted molar refractivity (Wildman–Crippen MR) is 155 cm³/mol. The van der Waals surface area contributed by atoms with Crippen molar-refractivity contribution >= 4 is 24.8 Å². The molecule has 1 amide bonds. The van der Waals surface area contributed by atoms with E-state index in [1.54, 1.807) is 0 Å². The summed E-state index contributed by atoms with van der Waals surface area (Å²) in [6.07, 6.45) is 22.5. The zero-order valence-electron chi connectivity index (χ0n) is 23.9. The van der Waals surface area contributed by atoms with Crippen molar-refractivity contribution in [1.82, 2.24) is 5.32 Å². The highest BCUT2D eigenvalue weighted by molar-refractivity contribution is 7.44. The molecular weight excluding hydrogens is 515 g/mol. The number of phosphoric acid groups is 1. The molecule has 0 radical (unpaired) electrons. The van der Waals surface area contributed by atoms with Crippen LogP contribution in [0.25, 0.3) is 10.9 Å². The van der Waals surface area contributed by atoms with Crippen LogP contribution in [0.3, 0.4) is 0 Å². The minimum atomic E-state index is -4.63. The number of unbranched alkanes of at least 4 members (excludes halogenated alkanes) is 15. The Hall–Kier alpha value is -1.99. The summed E-state index contributed by atoms with van der Waals surface area (Å²) in [6.45, 7) is 3.15. The van der Waals surface area contributed by atoms with Crippen molar-refractivity contribution in [2.45, 2.75) is 116 Å². The molecule has 2 rings (SSSR count). The first-order valence-electron chi connectivity index (χ1n) is 14.9. The maximum Gasteiger partial charge on any atom is 0.404 e. The molecule has 0 saturated heterocycles. The molecule has 1 atom stereocenters. The average molecular weight is 567 g/mol. The number of amides is 1. The largest absolute Gasteiger partial charge is 0.756 e. The van der Waals surface area contributed by atoms with Crippen LogP contribution in [-0.4, -0.2) is 29.2 Å². The molecule has 39 heavy (non-hydrogen) atoms. The third kappa shape index (κ3) is 20.6. The molecular formula is C30H51N2O6P. The standard InChI is InChI=1S/C19H39NO2.C11H12NO4P/c1-2-3-4-5-6-7-8-9-10-11-12-13-14-15-16-17-18-20-19(21)22;13-17(14,15)16-9-8-12-7-3-5-10-4-1-2-6-11(10)12/h20H,2-18H2,1H3,(H,21,22);1-7H,8-9H2,(H-,13,14,15). The number of pyridine rings is 1. The van der Waals surface area contributed by atoms with Crippen LogP contribution in [0.4, 0.5) is 4.79 Å². The molecule has 2 aromatic rings. The Morgan fingerprint density at radius 1 is 0.846 bits per heavy atom.